The smallest absolute Gasteiger partial charge is 0.271 e. The van der Waals surface area contributed by atoms with Crippen LogP contribution in [0.4, 0.5) is 5.13 Å². The minimum Gasteiger partial charge on any atom is -0.496 e. The molecule has 1 aromatic rings. The molecule has 1 aromatic heterocycles. The Labute approximate surface area is 153 Å². The number of nitrogens with one attached hydrogen (secondary N) is 2. The van der Waals surface area contributed by atoms with Gasteiger partial charge in [0.25, 0.3) is 5.91 Å². The van der Waals surface area contributed by atoms with Crippen molar-refractivity contribution in [3.63, 3.8) is 0 Å². The van der Waals surface area contributed by atoms with Gasteiger partial charge in [-0.2, -0.15) is 0 Å². The van der Waals surface area contributed by atoms with E-state index in [-0.39, 0.29) is 11.9 Å². The van der Waals surface area contributed by atoms with Gasteiger partial charge in [0, 0.05) is 11.8 Å². The Morgan fingerprint density at radius 3 is 3.12 bits per heavy atom. The molecule has 5 nitrogen and oxygen atoms in total. The third kappa shape index (κ3) is 4.63. The number of hydrogen-bond donors (Lipinski definition) is 2. The van der Waals surface area contributed by atoms with Crippen LogP contribution in [0, 0.1) is 11.8 Å². The molecule has 0 spiro atoms. The van der Waals surface area contributed by atoms with Crippen LogP contribution >= 0.6 is 11.3 Å². The summed E-state index contributed by atoms with van der Waals surface area (Å²) in [4.78, 5) is 16.9. The number of thiazole rings is 1. The second-order valence-electron chi connectivity index (χ2n) is 6.78. The van der Waals surface area contributed by atoms with Gasteiger partial charge < -0.3 is 15.4 Å². The first-order valence-corrected chi connectivity index (χ1v) is 10.0. The fraction of sp³-hybridized carbons (Fsp3) is 0.579. The Bertz CT molecular complexity index is 640. The van der Waals surface area contributed by atoms with Gasteiger partial charge in [-0.1, -0.05) is 25.8 Å². The maximum absolute atomic E-state index is 12.5. The predicted molar refractivity (Wildman–Crippen MR) is 102 cm³/mol. The Morgan fingerprint density at radius 2 is 2.44 bits per heavy atom. The van der Waals surface area contributed by atoms with Crippen molar-refractivity contribution in [1.29, 1.82) is 0 Å². The summed E-state index contributed by atoms with van der Waals surface area (Å²) in [6, 6.07) is 0.0270. The summed E-state index contributed by atoms with van der Waals surface area (Å²) >= 11 is 1.44. The zero-order valence-corrected chi connectivity index (χ0v) is 15.6. The lowest BCUT2D eigenvalue weighted by Crippen LogP contribution is -2.38. The second-order valence-corrected chi connectivity index (χ2v) is 7.64. The highest BCUT2D eigenvalue weighted by Crippen LogP contribution is 2.35. The first-order chi connectivity index (χ1) is 12.2. The van der Waals surface area contributed by atoms with Gasteiger partial charge in [0.05, 0.1) is 19.2 Å². The van der Waals surface area contributed by atoms with Gasteiger partial charge in [-0.05, 0) is 30.8 Å². The molecule has 0 bridgehead atoms. The zero-order valence-electron chi connectivity index (χ0n) is 14.8. The SMILES string of the molecule is C=CC(NC(=O)c1csc(NCC2=CCCO2)n1)C1CCC(CC)C1. The molecule has 0 radical (unpaired) electrons. The van der Waals surface area contributed by atoms with Gasteiger partial charge in [0.1, 0.15) is 11.5 Å². The quantitative estimate of drug-likeness (QED) is 0.688. The van der Waals surface area contributed by atoms with Crippen molar-refractivity contribution >= 4 is 22.4 Å². The van der Waals surface area contributed by atoms with Crippen molar-refractivity contribution in [2.75, 3.05) is 18.5 Å². The maximum atomic E-state index is 12.5. The Hall–Kier alpha value is -1.82. The van der Waals surface area contributed by atoms with Crippen LogP contribution in [0.25, 0.3) is 0 Å². The molecule has 3 unspecified atom stereocenters. The van der Waals surface area contributed by atoms with Crippen LogP contribution in [-0.4, -0.2) is 30.1 Å². The summed E-state index contributed by atoms with van der Waals surface area (Å²) in [5.74, 6) is 2.10. The molecule has 1 aliphatic heterocycles. The zero-order chi connectivity index (χ0) is 17.6. The first-order valence-electron chi connectivity index (χ1n) is 9.14. The molecule has 2 heterocycles. The van der Waals surface area contributed by atoms with Gasteiger partial charge in [-0.3, -0.25) is 4.79 Å². The number of carbonyl (C=O) groups is 1. The summed E-state index contributed by atoms with van der Waals surface area (Å²) < 4.78 is 5.46. The van der Waals surface area contributed by atoms with Crippen molar-refractivity contribution in [2.45, 2.75) is 45.1 Å². The van der Waals surface area contributed by atoms with Crippen LogP contribution in [0.15, 0.2) is 29.9 Å². The third-order valence-corrected chi connectivity index (χ3v) is 5.95. The summed E-state index contributed by atoms with van der Waals surface area (Å²) in [6.45, 7) is 7.53. The fourth-order valence-electron chi connectivity index (χ4n) is 3.62. The summed E-state index contributed by atoms with van der Waals surface area (Å²) in [6.07, 6.45) is 9.72. The number of aromatic nitrogens is 1. The lowest BCUT2D eigenvalue weighted by molar-refractivity contribution is 0.0929. The number of nitrogens with zero attached hydrogens (tertiary/aromatic N) is 1. The monoisotopic (exact) mass is 361 g/mol. The van der Waals surface area contributed by atoms with Crippen LogP contribution in [0.1, 0.15) is 49.5 Å². The highest BCUT2D eigenvalue weighted by molar-refractivity contribution is 7.13. The first kappa shape index (κ1) is 18.0. The topological polar surface area (TPSA) is 63.2 Å². The number of rotatable bonds is 8. The molecule has 1 aliphatic carbocycles. The minimum atomic E-state index is -0.120. The van der Waals surface area contributed by atoms with Crippen LogP contribution in [0.2, 0.25) is 0 Å². The van der Waals surface area contributed by atoms with Gasteiger partial charge in [0.2, 0.25) is 0 Å². The average molecular weight is 362 g/mol. The molecule has 136 valence electrons. The standard InChI is InChI=1S/C19H27N3O2S/c1-3-13-7-8-14(10-13)16(4-2)21-18(23)17-12-25-19(22-17)20-11-15-6-5-9-24-15/h4,6,12-14,16H,2-3,5,7-11H2,1H3,(H,20,22)(H,21,23). The van der Waals surface area contributed by atoms with Crippen LogP contribution in [-0.2, 0) is 4.74 Å². The number of amides is 1. The fourth-order valence-corrected chi connectivity index (χ4v) is 4.31. The third-order valence-electron chi connectivity index (χ3n) is 5.15. The van der Waals surface area contributed by atoms with Crippen LogP contribution in [0.3, 0.4) is 0 Å². The van der Waals surface area contributed by atoms with E-state index in [0.29, 0.717) is 18.2 Å². The van der Waals surface area contributed by atoms with E-state index >= 15 is 0 Å². The number of anilines is 1. The number of ether oxygens (including phenoxy) is 1. The van der Waals surface area contributed by atoms with E-state index in [1.807, 2.05) is 6.08 Å². The molecule has 25 heavy (non-hydrogen) atoms. The molecular weight excluding hydrogens is 334 g/mol. The van der Waals surface area contributed by atoms with E-state index in [9.17, 15) is 4.79 Å². The molecule has 2 N–H and O–H groups in total. The summed E-state index contributed by atoms with van der Waals surface area (Å²) in [7, 11) is 0. The van der Waals surface area contributed by atoms with Crippen molar-refractivity contribution in [2.24, 2.45) is 11.8 Å². The van der Waals surface area contributed by atoms with E-state index in [0.717, 1.165) is 36.3 Å². The minimum absolute atomic E-state index is 0.0270. The van der Waals surface area contributed by atoms with Crippen molar-refractivity contribution in [1.82, 2.24) is 10.3 Å². The summed E-state index contributed by atoms with van der Waals surface area (Å²) in [5, 5.41) is 8.85. The lowest BCUT2D eigenvalue weighted by Gasteiger charge is -2.21. The largest absolute Gasteiger partial charge is 0.496 e. The van der Waals surface area contributed by atoms with Crippen molar-refractivity contribution < 1.29 is 9.53 Å². The molecule has 1 saturated carbocycles. The normalized spacial score (nSPS) is 23.6. The molecular formula is C19H27N3O2S. The van der Waals surface area contributed by atoms with E-state index < -0.39 is 0 Å². The molecule has 1 fully saturated rings. The van der Waals surface area contributed by atoms with Gasteiger partial charge in [0.15, 0.2) is 5.13 Å². The molecule has 3 atom stereocenters. The Kier molecular flexibility index (Phi) is 6.13. The van der Waals surface area contributed by atoms with E-state index in [4.69, 9.17) is 4.74 Å². The van der Waals surface area contributed by atoms with Gasteiger partial charge in [-0.15, -0.1) is 17.9 Å². The Morgan fingerprint density at radius 1 is 1.56 bits per heavy atom. The van der Waals surface area contributed by atoms with Crippen LogP contribution in [0.5, 0.6) is 0 Å². The lowest BCUT2D eigenvalue weighted by atomic mass is 9.95. The molecule has 2 aliphatic rings. The second kappa shape index (κ2) is 8.52. The van der Waals surface area contributed by atoms with Crippen molar-refractivity contribution in [3.8, 4) is 0 Å². The van der Waals surface area contributed by atoms with E-state index in [1.165, 1.54) is 30.6 Å². The van der Waals surface area contributed by atoms with E-state index in [1.54, 1.807) is 5.38 Å². The highest BCUT2D eigenvalue weighted by atomic mass is 32.1. The van der Waals surface area contributed by atoms with Crippen LogP contribution < -0.4 is 10.6 Å². The number of hydrogen-bond acceptors (Lipinski definition) is 5. The van der Waals surface area contributed by atoms with Gasteiger partial charge >= 0.3 is 0 Å². The number of carbonyl (C=O) groups excluding carboxylic acids is 1. The highest BCUT2D eigenvalue weighted by Gasteiger charge is 2.29. The predicted octanol–water partition coefficient (Wildman–Crippen LogP) is 3.97. The molecule has 3 rings (SSSR count). The molecule has 0 aromatic carbocycles. The molecule has 1 amide bonds. The maximum Gasteiger partial charge on any atom is 0.271 e. The summed E-state index contributed by atoms with van der Waals surface area (Å²) in [5.41, 5.74) is 0.464. The Balaban J connectivity index is 1.52. The van der Waals surface area contributed by atoms with Crippen molar-refractivity contribution in [3.05, 3.63) is 35.6 Å². The van der Waals surface area contributed by atoms with E-state index in [2.05, 4.69) is 35.2 Å². The molecule has 6 heteroatoms. The van der Waals surface area contributed by atoms with Gasteiger partial charge in [-0.25, -0.2) is 4.98 Å². The average Bonchev–Trinajstić information content (AvgIpc) is 3.38. The molecule has 0 saturated heterocycles.